The van der Waals surface area contributed by atoms with Crippen molar-refractivity contribution in [2.45, 2.75) is 5.16 Å². The van der Waals surface area contributed by atoms with Crippen LogP contribution in [0.1, 0.15) is 0 Å². The summed E-state index contributed by atoms with van der Waals surface area (Å²) in [6.07, 6.45) is 0. The summed E-state index contributed by atoms with van der Waals surface area (Å²) in [5.74, 6) is 0.0762. The van der Waals surface area contributed by atoms with Gasteiger partial charge in [-0.2, -0.15) is 9.61 Å². The molecule has 4 aromatic rings. The number of fused-ring (bicyclic) bond motifs is 1. The van der Waals surface area contributed by atoms with E-state index in [4.69, 9.17) is 0 Å². The third-order valence-electron chi connectivity index (χ3n) is 4.43. The number of non-ortho nitro benzene ring substituents is 1. The smallest absolute Gasteiger partial charge is 0.270 e. The molecule has 0 fully saturated rings. The van der Waals surface area contributed by atoms with Gasteiger partial charge in [0.05, 0.1) is 16.4 Å². The Bertz CT molecular complexity index is 1230. The van der Waals surface area contributed by atoms with Gasteiger partial charge in [-0.25, -0.2) is 0 Å². The van der Waals surface area contributed by atoms with Gasteiger partial charge >= 0.3 is 0 Å². The van der Waals surface area contributed by atoms with Gasteiger partial charge in [0.25, 0.3) is 5.69 Å². The molecule has 9 nitrogen and oxygen atoms in total. The maximum atomic E-state index is 12.5. The van der Waals surface area contributed by atoms with Crippen LogP contribution in [-0.2, 0) is 4.79 Å². The van der Waals surface area contributed by atoms with E-state index in [2.05, 4.69) is 15.3 Å². The molecule has 0 aliphatic heterocycles. The number of nitro benzene ring substituents is 1. The summed E-state index contributed by atoms with van der Waals surface area (Å²) in [5.41, 5.74) is 2.47. The van der Waals surface area contributed by atoms with Crippen LogP contribution >= 0.6 is 11.8 Å². The van der Waals surface area contributed by atoms with E-state index in [-0.39, 0.29) is 17.3 Å². The average molecular weight is 420 g/mol. The lowest BCUT2D eigenvalue weighted by atomic mass is 10.1. The third-order valence-corrected chi connectivity index (χ3v) is 5.33. The van der Waals surface area contributed by atoms with Crippen molar-refractivity contribution < 1.29 is 9.72 Å². The largest absolute Gasteiger partial charge is 0.315 e. The SMILES string of the molecule is CN(C(=O)CSc1nnc2ccc(-c3cccc([N+](=O)[O-])c3)nn12)c1ccccc1. The first-order valence-corrected chi connectivity index (χ1v) is 9.93. The highest BCUT2D eigenvalue weighted by atomic mass is 32.2. The zero-order chi connectivity index (χ0) is 21.1. The summed E-state index contributed by atoms with van der Waals surface area (Å²) in [5, 5.41) is 24.2. The Kier molecular flexibility index (Phi) is 5.40. The molecule has 2 aromatic carbocycles. The summed E-state index contributed by atoms with van der Waals surface area (Å²) >= 11 is 1.23. The van der Waals surface area contributed by atoms with E-state index in [9.17, 15) is 14.9 Å². The van der Waals surface area contributed by atoms with Crippen molar-refractivity contribution in [3.8, 4) is 11.3 Å². The van der Waals surface area contributed by atoms with Gasteiger partial charge in [0, 0.05) is 30.4 Å². The number of hydrogen-bond acceptors (Lipinski definition) is 7. The van der Waals surface area contributed by atoms with E-state index in [1.54, 1.807) is 36.2 Å². The first-order chi connectivity index (χ1) is 14.5. The third kappa shape index (κ3) is 3.98. The molecule has 0 atom stereocenters. The van der Waals surface area contributed by atoms with Crippen molar-refractivity contribution in [2.24, 2.45) is 0 Å². The number of aromatic nitrogens is 4. The zero-order valence-corrected chi connectivity index (χ0v) is 16.7. The fourth-order valence-electron chi connectivity index (χ4n) is 2.81. The number of thioether (sulfide) groups is 1. The Balaban J connectivity index is 1.55. The number of para-hydroxylation sites is 1. The lowest BCUT2D eigenvalue weighted by Crippen LogP contribution is -2.27. The number of nitro groups is 1. The van der Waals surface area contributed by atoms with Crippen LogP contribution in [0.15, 0.2) is 71.9 Å². The predicted octanol–water partition coefficient (Wildman–Crippen LogP) is 3.45. The highest BCUT2D eigenvalue weighted by molar-refractivity contribution is 7.99. The first kappa shape index (κ1) is 19.5. The second-order valence-electron chi connectivity index (χ2n) is 6.36. The normalized spacial score (nSPS) is 10.8. The molecule has 10 heteroatoms. The summed E-state index contributed by atoms with van der Waals surface area (Å²) in [6, 6.07) is 19.1. The van der Waals surface area contributed by atoms with Crippen LogP contribution in [-0.4, -0.2) is 43.4 Å². The fraction of sp³-hybridized carbons (Fsp3) is 0.100. The van der Waals surface area contributed by atoms with Gasteiger partial charge in [0.15, 0.2) is 5.65 Å². The van der Waals surface area contributed by atoms with Crippen LogP contribution in [0.3, 0.4) is 0 Å². The molecule has 0 unspecified atom stereocenters. The second kappa shape index (κ2) is 8.29. The number of rotatable bonds is 6. The summed E-state index contributed by atoms with van der Waals surface area (Å²) in [6.45, 7) is 0. The Morgan fingerprint density at radius 2 is 1.90 bits per heavy atom. The molecule has 0 aliphatic carbocycles. The van der Waals surface area contributed by atoms with E-state index < -0.39 is 4.92 Å². The van der Waals surface area contributed by atoms with E-state index in [0.29, 0.717) is 22.1 Å². The summed E-state index contributed by atoms with van der Waals surface area (Å²) < 4.78 is 1.54. The molecule has 4 rings (SSSR count). The van der Waals surface area contributed by atoms with Crippen LogP contribution in [0.2, 0.25) is 0 Å². The number of nitrogens with zero attached hydrogens (tertiary/aromatic N) is 6. The standard InChI is InChI=1S/C20H16N6O3S/c1-24(15-7-3-2-4-8-15)19(27)13-30-20-22-21-18-11-10-17(23-25(18)20)14-6-5-9-16(12-14)26(28)29/h2-12H,13H2,1H3. The van der Waals surface area contributed by atoms with Crippen molar-refractivity contribution in [1.29, 1.82) is 0 Å². The molecule has 2 aromatic heterocycles. The van der Waals surface area contributed by atoms with Gasteiger partial charge in [-0.1, -0.05) is 42.1 Å². The summed E-state index contributed by atoms with van der Waals surface area (Å²) in [7, 11) is 1.72. The maximum absolute atomic E-state index is 12.5. The fourth-order valence-corrected chi connectivity index (χ4v) is 3.61. The molecular formula is C20H16N6O3S. The average Bonchev–Trinajstić information content (AvgIpc) is 3.19. The minimum atomic E-state index is -0.447. The lowest BCUT2D eigenvalue weighted by Gasteiger charge is -2.16. The molecule has 0 bridgehead atoms. The predicted molar refractivity (Wildman–Crippen MR) is 113 cm³/mol. The molecule has 30 heavy (non-hydrogen) atoms. The molecule has 0 aliphatic rings. The number of carbonyl (C=O) groups is 1. The van der Waals surface area contributed by atoms with E-state index >= 15 is 0 Å². The van der Waals surface area contributed by atoms with E-state index in [1.807, 2.05) is 30.3 Å². The molecule has 2 heterocycles. The molecule has 0 N–H and O–H groups in total. The van der Waals surface area contributed by atoms with Crippen LogP contribution < -0.4 is 4.90 Å². The van der Waals surface area contributed by atoms with Crippen molar-refractivity contribution >= 4 is 34.7 Å². The minimum absolute atomic E-state index is 0.0118. The topological polar surface area (TPSA) is 107 Å². The monoisotopic (exact) mass is 420 g/mol. The van der Waals surface area contributed by atoms with Gasteiger partial charge in [-0.05, 0) is 24.3 Å². The molecule has 150 valence electrons. The van der Waals surface area contributed by atoms with Gasteiger partial charge in [-0.3, -0.25) is 14.9 Å². The molecule has 0 saturated heterocycles. The molecule has 0 spiro atoms. The summed E-state index contributed by atoms with van der Waals surface area (Å²) in [4.78, 5) is 24.7. The van der Waals surface area contributed by atoms with Crippen LogP contribution in [0.25, 0.3) is 16.9 Å². The number of benzene rings is 2. The Morgan fingerprint density at radius 1 is 1.10 bits per heavy atom. The van der Waals surface area contributed by atoms with Crippen LogP contribution in [0.4, 0.5) is 11.4 Å². The van der Waals surface area contributed by atoms with Crippen molar-refractivity contribution in [1.82, 2.24) is 19.8 Å². The van der Waals surface area contributed by atoms with Crippen molar-refractivity contribution in [3.05, 3.63) is 76.8 Å². The lowest BCUT2D eigenvalue weighted by molar-refractivity contribution is -0.384. The minimum Gasteiger partial charge on any atom is -0.315 e. The molecule has 0 radical (unpaired) electrons. The number of carbonyl (C=O) groups excluding carboxylic acids is 1. The molecular weight excluding hydrogens is 404 g/mol. The van der Waals surface area contributed by atoms with Crippen molar-refractivity contribution in [2.75, 3.05) is 17.7 Å². The maximum Gasteiger partial charge on any atom is 0.270 e. The van der Waals surface area contributed by atoms with Gasteiger partial charge in [0.2, 0.25) is 11.1 Å². The Hall–Kier alpha value is -3.79. The first-order valence-electron chi connectivity index (χ1n) is 8.94. The number of anilines is 1. The van der Waals surface area contributed by atoms with Gasteiger partial charge < -0.3 is 4.90 Å². The van der Waals surface area contributed by atoms with Gasteiger partial charge in [0.1, 0.15) is 0 Å². The highest BCUT2D eigenvalue weighted by Crippen LogP contribution is 2.24. The van der Waals surface area contributed by atoms with Crippen LogP contribution in [0, 0.1) is 10.1 Å². The number of hydrogen-bond donors (Lipinski definition) is 0. The molecule has 0 saturated carbocycles. The van der Waals surface area contributed by atoms with E-state index in [0.717, 1.165) is 5.69 Å². The van der Waals surface area contributed by atoms with Crippen LogP contribution in [0.5, 0.6) is 0 Å². The Labute approximate surface area is 175 Å². The zero-order valence-electron chi connectivity index (χ0n) is 15.9. The number of amides is 1. The second-order valence-corrected chi connectivity index (χ2v) is 7.30. The van der Waals surface area contributed by atoms with Gasteiger partial charge in [-0.15, -0.1) is 10.2 Å². The highest BCUT2D eigenvalue weighted by Gasteiger charge is 2.15. The quantitative estimate of drug-likeness (QED) is 0.267. The Morgan fingerprint density at radius 3 is 2.67 bits per heavy atom. The van der Waals surface area contributed by atoms with E-state index in [1.165, 1.54) is 28.4 Å². The molecule has 1 amide bonds. The van der Waals surface area contributed by atoms with Crippen molar-refractivity contribution in [3.63, 3.8) is 0 Å².